The Labute approximate surface area is 122 Å². The summed E-state index contributed by atoms with van der Waals surface area (Å²) in [5.74, 6) is 0.899. The molecule has 0 bridgehead atoms. The van der Waals surface area contributed by atoms with Crippen LogP contribution in [-0.4, -0.2) is 16.2 Å². The van der Waals surface area contributed by atoms with Gasteiger partial charge in [0.15, 0.2) is 0 Å². The van der Waals surface area contributed by atoms with Crippen molar-refractivity contribution < 1.29 is 4.42 Å². The van der Waals surface area contributed by atoms with Gasteiger partial charge in [0, 0.05) is 19.7 Å². The molecule has 2 heterocycles. The van der Waals surface area contributed by atoms with Crippen molar-refractivity contribution in [2.75, 3.05) is 7.05 Å². The topological polar surface area (TPSA) is 52.1 Å². The Balaban J connectivity index is 2.18. The van der Waals surface area contributed by atoms with Crippen LogP contribution in [0.15, 0.2) is 39.7 Å². The maximum atomic E-state index is 12.0. The first-order valence-electron chi connectivity index (χ1n) is 6.91. The second-order valence-corrected chi connectivity index (χ2v) is 5.30. The average Bonchev–Trinajstić information content (AvgIpc) is 2.99. The lowest BCUT2D eigenvalue weighted by Crippen LogP contribution is -2.19. The van der Waals surface area contributed by atoms with Gasteiger partial charge >= 0.3 is 5.69 Å². The highest BCUT2D eigenvalue weighted by Crippen LogP contribution is 2.27. The molecule has 2 aromatic heterocycles. The van der Waals surface area contributed by atoms with E-state index >= 15 is 0 Å². The third kappa shape index (κ3) is 2.01. The molecule has 0 spiro atoms. The van der Waals surface area contributed by atoms with Crippen LogP contribution in [0.3, 0.4) is 0 Å². The van der Waals surface area contributed by atoms with Gasteiger partial charge in [-0.2, -0.15) is 0 Å². The predicted molar refractivity (Wildman–Crippen MR) is 82.5 cm³/mol. The van der Waals surface area contributed by atoms with E-state index < -0.39 is 0 Å². The number of hydrogen-bond donors (Lipinski definition) is 1. The summed E-state index contributed by atoms with van der Waals surface area (Å²) in [5, 5.41) is 3.31. The van der Waals surface area contributed by atoms with Crippen LogP contribution in [0.25, 0.3) is 11.0 Å². The highest BCUT2D eigenvalue weighted by molar-refractivity contribution is 5.77. The lowest BCUT2D eigenvalue weighted by molar-refractivity contribution is 0.523. The molecule has 1 unspecified atom stereocenters. The summed E-state index contributed by atoms with van der Waals surface area (Å²) < 4.78 is 8.74. The molecule has 1 aromatic carbocycles. The van der Waals surface area contributed by atoms with Crippen LogP contribution in [0, 0.1) is 6.92 Å². The normalized spacial score (nSPS) is 13.0. The standard InChI is InChI=1S/C16H19N3O2/c1-10-12(7-8-21-10)15(17-2)11-5-6-13-14(9-11)19(4)16(20)18(13)3/h5-9,15,17H,1-4H3. The Bertz CT molecular complexity index is 854. The van der Waals surface area contributed by atoms with E-state index in [2.05, 4.69) is 17.4 Å². The molecule has 0 saturated heterocycles. The summed E-state index contributed by atoms with van der Waals surface area (Å²) in [6, 6.07) is 8.12. The molecule has 3 aromatic rings. The third-order valence-electron chi connectivity index (χ3n) is 4.13. The van der Waals surface area contributed by atoms with Crippen LogP contribution >= 0.6 is 0 Å². The molecule has 110 valence electrons. The van der Waals surface area contributed by atoms with E-state index in [9.17, 15) is 4.79 Å². The molecule has 3 rings (SSSR count). The van der Waals surface area contributed by atoms with Gasteiger partial charge in [0.2, 0.25) is 0 Å². The van der Waals surface area contributed by atoms with Crippen molar-refractivity contribution in [1.29, 1.82) is 0 Å². The Morgan fingerprint density at radius 2 is 1.86 bits per heavy atom. The molecule has 0 radical (unpaired) electrons. The second kappa shape index (κ2) is 4.93. The van der Waals surface area contributed by atoms with Crippen molar-refractivity contribution in [3.63, 3.8) is 0 Å². The molecule has 0 aliphatic heterocycles. The van der Waals surface area contributed by atoms with Gasteiger partial charge in [-0.25, -0.2) is 4.79 Å². The second-order valence-electron chi connectivity index (χ2n) is 5.30. The number of hydrogen-bond acceptors (Lipinski definition) is 3. The largest absolute Gasteiger partial charge is 0.469 e. The summed E-state index contributed by atoms with van der Waals surface area (Å²) in [5.41, 5.74) is 4.07. The monoisotopic (exact) mass is 285 g/mol. The Hall–Kier alpha value is -2.27. The molecule has 0 saturated carbocycles. The fraction of sp³-hybridized carbons (Fsp3) is 0.312. The maximum absolute atomic E-state index is 12.0. The minimum atomic E-state index is -0.0114. The number of aromatic nitrogens is 2. The number of benzene rings is 1. The van der Waals surface area contributed by atoms with Crippen LogP contribution < -0.4 is 11.0 Å². The summed E-state index contributed by atoms with van der Waals surface area (Å²) in [6.07, 6.45) is 1.70. The molecule has 0 fully saturated rings. The first kappa shape index (κ1) is 13.7. The fourth-order valence-electron chi connectivity index (χ4n) is 2.90. The molecule has 0 aliphatic rings. The fourth-order valence-corrected chi connectivity index (χ4v) is 2.90. The van der Waals surface area contributed by atoms with Crippen molar-refractivity contribution in [3.05, 3.63) is 57.9 Å². The minimum absolute atomic E-state index is 0.0114. The zero-order valence-electron chi connectivity index (χ0n) is 12.7. The van der Waals surface area contributed by atoms with Gasteiger partial charge in [0.25, 0.3) is 0 Å². The highest BCUT2D eigenvalue weighted by Gasteiger charge is 2.18. The van der Waals surface area contributed by atoms with E-state index in [1.807, 2.05) is 26.1 Å². The van der Waals surface area contributed by atoms with E-state index in [-0.39, 0.29) is 11.7 Å². The number of furan rings is 1. The molecule has 5 heteroatoms. The van der Waals surface area contributed by atoms with Crippen LogP contribution in [0.2, 0.25) is 0 Å². The van der Waals surface area contributed by atoms with Crippen LogP contribution in [0.4, 0.5) is 0 Å². The molecule has 1 N–H and O–H groups in total. The molecule has 0 amide bonds. The summed E-state index contributed by atoms with van der Waals surface area (Å²) in [7, 11) is 5.51. The molecular weight excluding hydrogens is 266 g/mol. The van der Waals surface area contributed by atoms with Gasteiger partial charge in [-0.1, -0.05) is 6.07 Å². The van der Waals surface area contributed by atoms with Crippen molar-refractivity contribution in [2.45, 2.75) is 13.0 Å². The van der Waals surface area contributed by atoms with Crippen molar-refractivity contribution in [3.8, 4) is 0 Å². The number of fused-ring (bicyclic) bond motifs is 1. The van der Waals surface area contributed by atoms with Gasteiger partial charge < -0.3 is 9.73 Å². The first-order valence-corrected chi connectivity index (χ1v) is 6.91. The number of rotatable bonds is 3. The minimum Gasteiger partial charge on any atom is -0.469 e. The molecule has 21 heavy (non-hydrogen) atoms. The van der Waals surface area contributed by atoms with E-state index in [1.165, 1.54) is 0 Å². The predicted octanol–water partition coefficient (Wildman–Crippen LogP) is 2.09. The van der Waals surface area contributed by atoms with Gasteiger partial charge in [-0.3, -0.25) is 9.13 Å². The Morgan fingerprint density at radius 3 is 2.48 bits per heavy atom. The number of aryl methyl sites for hydroxylation is 3. The van der Waals surface area contributed by atoms with E-state index in [4.69, 9.17) is 4.42 Å². The smallest absolute Gasteiger partial charge is 0.328 e. The summed E-state index contributed by atoms with van der Waals surface area (Å²) >= 11 is 0. The van der Waals surface area contributed by atoms with Crippen LogP contribution in [-0.2, 0) is 14.1 Å². The Kier molecular flexibility index (Phi) is 3.22. The van der Waals surface area contributed by atoms with Crippen LogP contribution in [0.1, 0.15) is 22.9 Å². The molecule has 5 nitrogen and oxygen atoms in total. The number of imidazole rings is 1. The molecule has 1 atom stereocenters. The van der Waals surface area contributed by atoms with E-state index in [0.717, 1.165) is 27.9 Å². The van der Waals surface area contributed by atoms with Crippen molar-refractivity contribution >= 4 is 11.0 Å². The third-order valence-corrected chi connectivity index (χ3v) is 4.13. The maximum Gasteiger partial charge on any atom is 0.328 e. The van der Waals surface area contributed by atoms with Crippen molar-refractivity contribution in [1.82, 2.24) is 14.5 Å². The van der Waals surface area contributed by atoms with E-state index in [0.29, 0.717) is 0 Å². The SMILES string of the molecule is CNC(c1ccc2c(c1)n(C)c(=O)n2C)c1ccoc1C. The lowest BCUT2D eigenvalue weighted by atomic mass is 9.99. The van der Waals surface area contributed by atoms with Gasteiger partial charge in [0.1, 0.15) is 5.76 Å². The molecule has 0 aliphatic carbocycles. The molecular formula is C16H19N3O2. The average molecular weight is 285 g/mol. The zero-order chi connectivity index (χ0) is 15.1. The van der Waals surface area contributed by atoms with Gasteiger partial charge in [-0.15, -0.1) is 0 Å². The zero-order valence-corrected chi connectivity index (χ0v) is 12.7. The number of nitrogens with one attached hydrogen (secondary N) is 1. The Morgan fingerprint density at radius 1 is 1.14 bits per heavy atom. The lowest BCUT2D eigenvalue weighted by Gasteiger charge is -2.16. The quantitative estimate of drug-likeness (QED) is 0.801. The van der Waals surface area contributed by atoms with Gasteiger partial charge in [0.05, 0.1) is 23.3 Å². The highest BCUT2D eigenvalue weighted by atomic mass is 16.3. The van der Waals surface area contributed by atoms with Gasteiger partial charge in [-0.05, 0) is 37.7 Å². The summed E-state index contributed by atoms with van der Waals surface area (Å²) in [6.45, 7) is 1.95. The summed E-state index contributed by atoms with van der Waals surface area (Å²) in [4.78, 5) is 12.0. The number of nitrogens with zero attached hydrogens (tertiary/aromatic N) is 2. The van der Waals surface area contributed by atoms with Crippen LogP contribution in [0.5, 0.6) is 0 Å². The first-order chi connectivity index (χ1) is 10.0. The van der Waals surface area contributed by atoms with E-state index in [1.54, 1.807) is 29.5 Å². The van der Waals surface area contributed by atoms with Crippen molar-refractivity contribution in [2.24, 2.45) is 14.1 Å².